The van der Waals surface area contributed by atoms with Crippen LogP contribution in [-0.4, -0.2) is 28.0 Å². The smallest absolute Gasteiger partial charge is 0.221 e. The van der Waals surface area contributed by atoms with E-state index in [1.54, 1.807) is 6.07 Å². The van der Waals surface area contributed by atoms with E-state index in [1.807, 2.05) is 0 Å². The molecule has 0 aliphatic carbocycles. The van der Waals surface area contributed by atoms with Gasteiger partial charge in [0.1, 0.15) is 5.15 Å². The van der Waals surface area contributed by atoms with E-state index in [0.29, 0.717) is 5.15 Å². The lowest BCUT2D eigenvalue weighted by molar-refractivity contribution is 0.218. The molecule has 0 aromatic carbocycles. The highest BCUT2D eigenvalue weighted by Crippen LogP contribution is 2.14. The molecule has 1 fully saturated rings. The third-order valence-electron chi connectivity index (χ3n) is 2.60. The Morgan fingerprint density at radius 1 is 1.27 bits per heavy atom. The summed E-state index contributed by atoms with van der Waals surface area (Å²) in [6.07, 6.45) is 3.88. The molecular weight excluding hydrogens is 212 g/mol. The van der Waals surface area contributed by atoms with Crippen LogP contribution in [0.3, 0.4) is 0 Å². The number of piperidine rings is 1. The Morgan fingerprint density at radius 3 is 2.67 bits per heavy atom. The number of nitrogens with two attached hydrogens (primary N) is 1. The Morgan fingerprint density at radius 2 is 2.00 bits per heavy atom. The van der Waals surface area contributed by atoms with Crippen LogP contribution in [0.1, 0.15) is 25.0 Å². The van der Waals surface area contributed by atoms with Gasteiger partial charge in [0.25, 0.3) is 0 Å². The van der Waals surface area contributed by atoms with E-state index in [9.17, 15) is 0 Å². The molecule has 0 atom stereocenters. The van der Waals surface area contributed by atoms with Gasteiger partial charge in [-0.15, -0.1) is 0 Å². The molecule has 1 aromatic heterocycles. The minimum absolute atomic E-state index is 0.259. The molecular formula is C10H15ClN4. The van der Waals surface area contributed by atoms with Gasteiger partial charge in [-0.05, 0) is 32.0 Å². The molecule has 1 aliphatic rings. The van der Waals surface area contributed by atoms with Crippen LogP contribution in [0.2, 0.25) is 5.15 Å². The van der Waals surface area contributed by atoms with Crippen LogP contribution in [-0.2, 0) is 6.54 Å². The first-order valence-corrected chi connectivity index (χ1v) is 5.63. The second kappa shape index (κ2) is 4.77. The van der Waals surface area contributed by atoms with Gasteiger partial charge in [-0.25, -0.2) is 9.97 Å². The average molecular weight is 227 g/mol. The zero-order chi connectivity index (χ0) is 10.7. The van der Waals surface area contributed by atoms with Gasteiger partial charge in [0.15, 0.2) is 0 Å². The molecule has 2 heterocycles. The Kier molecular flexibility index (Phi) is 3.38. The molecule has 2 rings (SSSR count). The zero-order valence-corrected chi connectivity index (χ0v) is 9.37. The topological polar surface area (TPSA) is 55.0 Å². The maximum Gasteiger partial charge on any atom is 0.221 e. The first kappa shape index (κ1) is 10.6. The Balaban J connectivity index is 2.02. The molecule has 0 spiro atoms. The normalized spacial score (nSPS) is 17.9. The monoisotopic (exact) mass is 226 g/mol. The summed E-state index contributed by atoms with van der Waals surface area (Å²) < 4.78 is 0. The molecule has 82 valence electrons. The number of anilines is 1. The summed E-state index contributed by atoms with van der Waals surface area (Å²) in [5.74, 6) is 0.259. The number of likely N-dealkylation sites (tertiary alicyclic amines) is 1. The molecule has 0 amide bonds. The third-order valence-corrected chi connectivity index (χ3v) is 2.79. The lowest BCUT2D eigenvalue weighted by Gasteiger charge is -2.25. The Bertz CT molecular complexity index is 316. The van der Waals surface area contributed by atoms with Gasteiger partial charge in [0.05, 0.1) is 5.69 Å². The van der Waals surface area contributed by atoms with E-state index in [0.717, 1.165) is 25.3 Å². The summed E-state index contributed by atoms with van der Waals surface area (Å²) in [6.45, 7) is 3.11. The van der Waals surface area contributed by atoms with Crippen LogP contribution in [0.4, 0.5) is 5.95 Å². The molecule has 2 N–H and O–H groups in total. The van der Waals surface area contributed by atoms with Crippen LogP contribution >= 0.6 is 11.6 Å². The molecule has 1 saturated heterocycles. The fourth-order valence-corrected chi connectivity index (χ4v) is 2.12. The lowest BCUT2D eigenvalue weighted by Crippen LogP contribution is -2.29. The van der Waals surface area contributed by atoms with Crippen molar-refractivity contribution in [1.29, 1.82) is 0 Å². The van der Waals surface area contributed by atoms with Crippen molar-refractivity contribution in [3.05, 3.63) is 16.9 Å². The first-order chi connectivity index (χ1) is 7.24. The summed E-state index contributed by atoms with van der Waals surface area (Å²) in [6, 6.07) is 1.78. The predicted octanol–water partition coefficient (Wildman–Crippen LogP) is 1.70. The highest BCUT2D eigenvalue weighted by molar-refractivity contribution is 6.29. The van der Waals surface area contributed by atoms with Crippen molar-refractivity contribution >= 4 is 17.5 Å². The van der Waals surface area contributed by atoms with Crippen molar-refractivity contribution in [2.75, 3.05) is 18.8 Å². The van der Waals surface area contributed by atoms with E-state index in [-0.39, 0.29) is 5.95 Å². The number of nitrogens with zero attached hydrogens (tertiary/aromatic N) is 3. The molecule has 4 nitrogen and oxygen atoms in total. The van der Waals surface area contributed by atoms with Crippen molar-refractivity contribution in [3.8, 4) is 0 Å². The van der Waals surface area contributed by atoms with Crippen molar-refractivity contribution in [1.82, 2.24) is 14.9 Å². The summed E-state index contributed by atoms with van der Waals surface area (Å²) in [5.41, 5.74) is 6.45. The first-order valence-electron chi connectivity index (χ1n) is 5.25. The highest BCUT2D eigenvalue weighted by atomic mass is 35.5. The second-order valence-corrected chi connectivity index (χ2v) is 4.26. The summed E-state index contributed by atoms with van der Waals surface area (Å²) in [4.78, 5) is 10.4. The van der Waals surface area contributed by atoms with E-state index >= 15 is 0 Å². The van der Waals surface area contributed by atoms with Crippen LogP contribution in [0.15, 0.2) is 6.07 Å². The summed E-state index contributed by atoms with van der Waals surface area (Å²) >= 11 is 5.82. The number of hydrogen-bond acceptors (Lipinski definition) is 4. The number of aromatic nitrogens is 2. The van der Waals surface area contributed by atoms with Crippen molar-refractivity contribution < 1.29 is 0 Å². The number of hydrogen-bond donors (Lipinski definition) is 1. The van der Waals surface area contributed by atoms with Crippen molar-refractivity contribution in [2.45, 2.75) is 25.8 Å². The van der Waals surface area contributed by atoms with Gasteiger partial charge < -0.3 is 5.73 Å². The maximum absolute atomic E-state index is 5.82. The SMILES string of the molecule is Nc1nc(Cl)cc(CN2CCCCC2)n1. The van der Waals surface area contributed by atoms with E-state index in [2.05, 4.69) is 14.9 Å². The van der Waals surface area contributed by atoms with Gasteiger partial charge in [0, 0.05) is 6.54 Å². The van der Waals surface area contributed by atoms with Crippen LogP contribution in [0.25, 0.3) is 0 Å². The van der Waals surface area contributed by atoms with Gasteiger partial charge in [-0.1, -0.05) is 18.0 Å². The van der Waals surface area contributed by atoms with Crippen LogP contribution in [0, 0.1) is 0 Å². The number of nitrogen functional groups attached to an aromatic ring is 1. The fourth-order valence-electron chi connectivity index (χ4n) is 1.91. The number of halogens is 1. The zero-order valence-electron chi connectivity index (χ0n) is 8.62. The van der Waals surface area contributed by atoms with Gasteiger partial charge in [-0.3, -0.25) is 4.90 Å². The lowest BCUT2D eigenvalue weighted by atomic mass is 10.1. The molecule has 0 saturated carbocycles. The molecule has 1 aliphatic heterocycles. The molecule has 0 unspecified atom stereocenters. The molecule has 1 aromatic rings. The van der Waals surface area contributed by atoms with E-state index < -0.39 is 0 Å². The van der Waals surface area contributed by atoms with Crippen molar-refractivity contribution in [3.63, 3.8) is 0 Å². The Labute approximate surface area is 94.5 Å². The second-order valence-electron chi connectivity index (χ2n) is 3.88. The third kappa shape index (κ3) is 3.04. The minimum atomic E-state index is 0.259. The van der Waals surface area contributed by atoms with Gasteiger partial charge >= 0.3 is 0 Å². The van der Waals surface area contributed by atoms with Gasteiger partial charge in [-0.2, -0.15) is 0 Å². The predicted molar refractivity (Wildman–Crippen MR) is 60.6 cm³/mol. The van der Waals surface area contributed by atoms with Crippen molar-refractivity contribution in [2.24, 2.45) is 0 Å². The maximum atomic E-state index is 5.82. The Hall–Kier alpha value is -0.870. The quantitative estimate of drug-likeness (QED) is 0.780. The fraction of sp³-hybridized carbons (Fsp3) is 0.600. The minimum Gasteiger partial charge on any atom is -0.368 e. The molecule has 5 heteroatoms. The summed E-state index contributed by atoms with van der Waals surface area (Å²) in [5, 5.41) is 0.425. The molecule has 15 heavy (non-hydrogen) atoms. The van der Waals surface area contributed by atoms with Gasteiger partial charge in [0.2, 0.25) is 5.95 Å². The van der Waals surface area contributed by atoms with E-state index in [1.165, 1.54) is 19.3 Å². The van der Waals surface area contributed by atoms with Crippen LogP contribution in [0.5, 0.6) is 0 Å². The standard InChI is InChI=1S/C10H15ClN4/c11-9-6-8(13-10(12)14-9)7-15-4-2-1-3-5-15/h6H,1-5,7H2,(H2,12,13,14). The molecule has 0 radical (unpaired) electrons. The molecule has 0 bridgehead atoms. The largest absolute Gasteiger partial charge is 0.368 e. The average Bonchev–Trinajstić information content (AvgIpc) is 2.17. The van der Waals surface area contributed by atoms with E-state index in [4.69, 9.17) is 17.3 Å². The summed E-state index contributed by atoms with van der Waals surface area (Å²) in [7, 11) is 0. The van der Waals surface area contributed by atoms with Crippen LogP contribution < -0.4 is 5.73 Å². The number of rotatable bonds is 2. The highest BCUT2D eigenvalue weighted by Gasteiger charge is 2.11.